The molecule has 0 aliphatic heterocycles. The topological polar surface area (TPSA) is 48.9 Å². The molecule has 2 N–H and O–H groups in total. The first-order valence-electron chi connectivity index (χ1n) is 3.65. The predicted octanol–water partition coefficient (Wildman–Crippen LogP) is 2.42. The fourth-order valence-corrected chi connectivity index (χ4v) is 2.80. The molecule has 0 saturated carbocycles. The van der Waals surface area contributed by atoms with Crippen molar-refractivity contribution in [1.82, 2.24) is 9.97 Å². The maximum absolute atomic E-state index is 8.89. The van der Waals surface area contributed by atoms with Gasteiger partial charge in [-0.3, -0.25) is 0 Å². The Morgan fingerprint density at radius 3 is 3.00 bits per heavy atom. The van der Waals surface area contributed by atoms with Gasteiger partial charge in [0.25, 0.3) is 0 Å². The molecular weight excluding hydrogens is 347 g/mol. The Morgan fingerprint density at radius 2 is 2.31 bits per heavy atom. The van der Waals surface area contributed by atoms with Gasteiger partial charge in [0.1, 0.15) is 17.9 Å². The molecule has 0 bridgehead atoms. The number of fused-ring (bicyclic) bond motifs is 1. The molecular formula is C8H6BrIN2O. The lowest BCUT2D eigenvalue weighted by atomic mass is 10.3. The van der Waals surface area contributed by atoms with E-state index in [4.69, 9.17) is 5.11 Å². The van der Waals surface area contributed by atoms with E-state index in [0.717, 1.165) is 19.1 Å². The first-order valence-corrected chi connectivity index (χ1v) is 5.52. The number of hydrogen-bond acceptors (Lipinski definition) is 2. The lowest BCUT2D eigenvalue weighted by Gasteiger charge is -1.93. The van der Waals surface area contributed by atoms with Crippen LogP contribution in [0.2, 0.25) is 0 Å². The van der Waals surface area contributed by atoms with Gasteiger partial charge in [-0.05, 0) is 34.7 Å². The number of H-pyrrole nitrogens is 1. The summed E-state index contributed by atoms with van der Waals surface area (Å²) in [6, 6.07) is 3.94. The fourth-order valence-electron chi connectivity index (χ4n) is 1.17. The van der Waals surface area contributed by atoms with Crippen LogP contribution in [0.25, 0.3) is 11.0 Å². The number of benzene rings is 1. The lowest BCUT2D eigenvalue weighted by Crippen LogP contribution is -1.83. The molecule has 68 valence electrons. The molecule has 1 aromatic heterocycles. The number of rotatable bonds is 1. The average molecular weight is 353 g/mol. The van der Waals surface area contributed by atoms with Crippen LogP contribution < -0.4 is 0 Å². The molecule has 2 rings (SSSR count). The van der Waals surface area contributed by atoms with Crippen molar-refractivity contribution < 1.29 is 5.11 Å². The van der Waals surface area contributed by atoms with Gasteiger partial charge in [0.2, 0.25) is 0 Å². The Labute approximate surface area is 96.8 Å². The Morgan fingerprint density at radius 1 is 1.54 bits per heavy atom. The van der Waals surface area contributed by atoms with Crippen LogP contribution in [-0.4, -0.2) is 15.1 Å². The minimum Gasteiger partial charge on any atom is -0.388 e. The number of aromatic nitrogens is 2. The Hall–Kier alpha value is -0.140. The first-order chi connectivity index (χ1) is 6.20. The van der Waals surface area contributed by atoms with Crippen LogP contribution in [-0.2, 0) is 6.61 Å². The van der Waals surface area contributed by atoms with Crippen LogP contribution >= 0.6 is 38.5 Å². The minimum atomic E-state index is -0.0532. The molecule has 0 aliphatic rings. The third-order valence-corrected chi connectivity index (χ3v) is 2.98. The Bertz CT molecular complexity index is 455. The number of halogens is 2. The van der Waals surface area contributed by atoms with Gasteiger partial charge in [-0.25, -0.2) is 4.98 Å². The van der Waals surface area contributed by atoms with Crippen LogP contribution in [0.15, 0.2) is 16.6 Å². The highest BCUT2D eigenvalue weighted by molar-refractivity contribution is 14.1. The monoisotopic (exact) mass is 352 g/mol. The van der Waals surface area contributed by atoms with E-state index in [0.29, 0.717) is 5.82 Å². The molecule has 1 heterocycles. The van der Waals surface area contributed by atoms with Gasteiger partial charge in [0.05, 0.1) is 5.52 Å². The molecule has 0 fully saturated rings. The zero-order chi connectivity index (χ0) is 9.42. The summed E-state index contributed by atoms with van der Waals surface area (Å²) in [5.41, 5.74) is 1.86. The molecule has 5 heteroatoms. The Kier molecular flexibility index (Phi) is 2.57. The van der Waals surface area contributed by atoms with Gasteiger partial charge in [0, 0.05) is 8.04 Å². The fraction of sp³-hybridized carbons (Fsp3) is 0.125. The van der Waals surface area contributed by atoms with Gasteiger partial charge in [-0.15, -0.1) is 0 Å². The molecule has 3 nitrogen and oxygen atoms in total. The molecule has 0 unspecified atom stereocenters. The summed E-state index contributed by atoms with van der Waals surface area (Å²) in [7, 11) is 0. The second-order valence-electron chi connectivity index (χ2n) is 2.63. The summed E-state index contributed by atoms with van der Waals surface area (Å²) in [5.74, 6) is 0.603. The molecule has 0 aliphatic carbocycles. The summed E-state index contributed by atoms with van der Waals surface area (Å²) in [4.78, 5) is 7.27. The van der Waals surface area contributed by atoms with E-state index in [9.17, 15) is 0 Å². The zero-order valence-electron chi connectivity index (χ0n) is 6.51. The molecule has 0 amide bonds. The van der Waals surface area contributed by atoms with Crippen molar-refractivity contribution in [2.24, 2.45) is 0 Å². The van der Waals surface area contributed by atoms with Gasteiger partial charge < -0.3 is 10.1 Å². The van der Waals surface area contributed by atoms with E-state index in [1.807, 2.05) is 12.1 Å². The second kappa shape index (κ2) is 3.55. The van der Waals surface area contributed by atoms with Crippen LogP contribution in [0.1, 0.15) is 5.82 Å². The van der Waals surface area contributed by atoms with Gasteiger partial charge >= 0.3 is 0 Å². The molecule has 0 atom stereocenters. The average Bonchev–Trinajstić information content (AvgIpc) is 2.47. The number of hydrogen-bond donors (Lipinski definition) is 2. The van der Waals surface area contributed by atoms with E-state index in [2.05, 4.69) is 48.5 Å². The van der Waals surface area contributed by atoms with E-state index in [1.165, 1.54) is 0 Å². The van der Waals surface area contributed by atoms with Crippen molar-refractivity contribution in [2.75, 3.05) is 0 Å². The standard InChI is InChI=1S/C8H6BrIN2O/c9-4-1-5(10)8-6(2-4)11-7(3-13)12-8/h1-2,13H,3H2,(H,11,12). The van der Waals surface area contributed by atoms with Crippen molar-refractivity contribution in [2.45, 2.75) is 6.61 Å². The second-order valence-corrected chi connectivity index (χ2v) is 4.70. The largest absolute Gasteiger partial charge is 0.388 e. The lowest BCUT2D eigenvalue weighted by molar-refractivity contribution is 0.273. The summed E-state index contributed by atoms with van der Waals surface area (Å²) in [5, 5.41) is 8.89. The summed E-state index contributed by atoms with van der Waals surface area (Å²) >= 11 is 5.62. The van der Waals surface area contributed by atoms with Crippen molar-refractivity contribution in [3.05, 3.63) is 26.0 Å². The molecule has 2 aromatic rings. The third kappa shape index (κ3) is 1.72. The molecule has 1 aromatic carbocycles. The number of nitrogens with one attached hydrogen (secondary N) is 1. The molecule has 0 spiro atoms. The number of imidazole rings is 1. The van der Waals surface area contributed by atoms with Crippen LogP contribution in [0.4, 0.5) is 0 Å². The molecule has 0 radical (unpaired) electrons. The summed E-state index contributed by atoms with van der Waals surface area (Å²) in [6.07, 6.45) is 0. The quantitative estimate of drug-likeness (QED) is 0.774. The molecule has 0 saturated heterocycles. The number of aromatic amines is 1. The first kappa shape index (κ1) is 9.42. The van der Waals surface area contributed by atoms with Crippen molar-refractivity contribution >= 4 is 49.6 Å². The highest BCUT2D eigenvalue weighted by Crippen LogP contribution is 2.23. The number of nitrogens with zero attached hydrogens (tertiary/aromatic N) is 1. The van der Waals surface area contributed by atoms with Gasteiger partial charge in [-0.1, -0.05) is 15.9 Å². The van der Waals surface area contributed by atoms with Crippen LogP contribution in [0.3, 0.4) is 0 Å². The van der Waals surface area contributed by atoms with Crippen molar-refractivity contribution in [3.63, 3.8) is 0 Å². The number of aliphatic hydroxyl groups is 1. The van der Waals surface area contributed by atoms with E-state index >= 15 is 0 Å². The van der Waals surface area contributed by atoms with Crippen LogP contribution in [0, 0.1) is 3.57 Å². The van der Waals surface area contributed by atoms with Crippen LogP contribution in [0.5, 0.6) is 0 Å². The maximum Gasteiger partial charge on any atom is 0.133 e. The SMILES string of the molecule is OCc1nc2c(I)cc(Br)cc2[nH]1. The molecule has 13 heavy (non-hydrogen) atoms. The normalized spacial score (nSPS) is 11.0. The highest BCUT2D eigenvalue weighted by Gasteiger charge is 2.05. The van der Waals surface area contributed by atoms with E-state index < -0.39 is 0 Å². The smallest absolute Gasteiger partial charge is 0.133 e. The van der Waals surface area contributed by atoms with Crippen molar-refractivity contribution in [3.8, 4) is 0 Å². The summed E-state index contributed by atoms with van der Waals surface area (Å²) < 4.78 is 2.08. The van der Waals surface area contributed by atoms with E-state index in [-0.39, 0.29) is 6.61 Å². The van der Waals surface area contributed by atoms with E-state index in [1.54, 1.807) is 0 Å². The maximum atomic E-state index is 8.89. The van der Waals surface area contributed by atoms with Gasteiger partial charge in [0.15, 0.2) is 0 Å². The summed E-state index contributed by atoms with van der Waals surface area (Å²) in [6.45, 7) is -0.0532. The number of aliphatic hydroxyl groups excluding tert-OH is 1. The third-order valence-electron chi connectivity index (χ3n) is 1.70. The van der Waals surface area contributed by atoms with Gasteiger partial charge in [-0.2, -0.15) is 0 Å². The Balaban J connectivity index is 2.75. The zero-order valence-corrected chi connectivity index (χ0v) is 10.3. The van der Waals surface area contributed by atoms with Crippen molar-refractivity contribution in [1.29, 1.82) is 0 Å². The predicted molar refractivity (Wildman–Crippen MR) is 62.4 cm³/mol. The minimum absolute atomic E-state index is 0.0532. The highest BCUT2D eigenvalue weighted by atomic mass is 127.